The number of rotatable bonds is 0. The van der Waals surface area contributed by atoms with Crippen molar-refractivity contribution >= 4 is 126 Å². The number of nitrogen functional groups attached to an aromatic ring is 4. The molecule has 0 unspecified atom stereocenters. The first kappa shape index (κ1) is 41.2. The summed E-state index contributed by atoms with van der Waals surface area (Å²) in [6.45, 7) is 5.54. The Balaban J connectivity index is 0. The summed E-state index contributed by atoms with van der Waals surface area (Å²) in [4.78, 5) is 30.9. The van der Waals surface area contributed by atoms with Gasteiger partial charge in [0.05, 0.1) is 41.9 Å². The van der Waals surface area contributed by atoms with Crippen molar-refractivity contribution < 1.29 is 0 Å². The molecular weight excluding hydrogens is 811 g/mol. The van der Waals surface area contributed by atoms with Gasteiger partial charge in [-0.3, -0.25) is 9.97 Å². The Morgan fingerprint density at radius 2 is 1.17 bits per heavy atom. The number of thiol groups is 1. The average molecular weight is 836 g/mol. The molecule has 1 radical (unpaired) electrons. The normalized spacial score (nSPS) is 8.93. The molecule has 0 amide bonds. The van der Waals surface area contributed by atoms with E-state index in [-0.39, 0.29) is 0 Å². The Hall–Kier alpha value is -1.96. The second kappa shape index (κ2) is 24.6. The molecule has 41 heavy (non-hydrogen) atoms. The van der Waals surface area contributed by atoms with Gasteiger partial charge in [-0.2, -0.15) is 0 Å². The number of hydrogen-bond donors (Lipinski definition) is 5. The summed E-state index contributed by atoms with van der Waals surface area (Å²) in [5.41, 5.74) is 23.8. The van der Waals surface area contributed by atoms with Crippen molar-refractivity contribution in [3.8, 4) is 0 Å². The van der Waals surface area contributed by atoms with Crippen molar-refractivity contribution in [2.75, 3.05) is 22.9 Å². The summed E-state index contributed by atoms with van der Waals surface area (Å²) < 4.78 is 3.90. The molecule has 4 heterocycles. The van der Waals surface area contributed by atoms with Gasteiger partial charge in [-0.1, -0.05) is 34.8 Å². The number of alkyl halides is 3. The fourth-order valence-corrected chi connectivity index (χ4v) is 2.92. The zero-order chi connectivity index (χ0) is 32.0. The Morgan fingerprint density at radius 1 is 0.732 bits per heavy atom. The van der Waals surface area contributed by atoms with E-state index in [1.807, 2.05) is 20.8 Å². The van der Waals surface area contributed by atoms with Gasteiger partial charge < -0.3 is 22.9 Å². The zero-order valence-electron chi connectivity index (χ0n) is 21.7. The van der Waals surface area contributed by atoms with E-state index in [1.54, 1.807) is 31.0 Å². The van der Waals surface area contributed by atoms with Crippen molar-refractivity contribution in [2.24, 2.45) is 4.30 Å². The predicted molar refractivity (Wildman–Crippen MR) is 182 cm³/mol. The molecular formula is C20H25BBr3Cl3N13S. The summed E-state index contributed by atoms with van der Waals surface area (Å²) in [5, 5.41) is 0. The zero-order valence-corrected chi connectivity index (χ0v) is 29.6. The van der Waals surface area contributed by atoms with Gasteiger partial charge >= 0.3 is 24.8 Å². The van der Waals surface area contributed by atoms with Crippen LogP contribution in [-0.2, 0) is 0 Å². The van der Waals surface area contributed by atoms with Crippen LogP contribution in [0, 0.1) is 20.8 Å². The molecule has 0 bridgehead atoms. The minimum atomic E-state index is -0.750. The van der Waals surface area contributed by atoms with Gasteiger partial charge in [0.1, 0.15) is 31.3 Å². The summed E-state index contributed by atoms with van der Waals surface area (Å²) in [6, 6.07) is 0. The first-order valence-corrected chi connectivity index (χ1v) is 14.4. The van der Waals surface area contributed by atoms with E-state index in [1.165, 1.54) is 6.20 Å². The third-order valence-electron chi connectivity index (χ3n) is 3.37. The van der Waals surface area contributed by atoms with E-state index in [0.717, 1.165) is 17.1 Å². The molecule has 0 saturated carbocycles. The van der Waals surface area contributed by atoms with Gasteiger partial charge in [0.2, 0.25) is 0 Å². The second-order valence-electron chi connectivity index (χ2n) is 6.51. The van der Waals surface area contributed by atoms with Crippen molar-refractivity contribution in [2.45, 2.75) is 25.1 Å². The molecule has 13 nitrogen and oxygen atoms in total. The number of nitrogens with two attached hydrogens (primary N) is 4. The van der Waals surface area contributed by atoms with E-state index in [4.69, 9.17) is 57.7 Å². The van der Waals surface area contributed by atoms with E-state index >= 15 is 0 Å². The van der Waals surface area contributed by atoms with Crippen LogP contribution >= 0.6 is 95.4 Å². The molecule has 4 aromatic heterocycles. The summed E-state index contributed by atoms with van der Waals surface area (Å²) >= 11 is 27.0. The summed E-state index contributed by atoms with van der Waals surface area (Å²) in [7, 11) is 4.34. The molecule has 0 atom stereocenters. The van der Waals surface area contributed by atoms with Crippen LogP contribution in [0.4, 0.5) is 23.3 Å². The van der Waals surface area contributed by atoms with Gasteiger partial charge in [-0.15, -0.1) is 0 Å². The first-order chi connectivity index (χ1) is 19.1. The molecule has 4 aromatic rings. The Labute approximate surface area is 284 Å². The van der Waals surface area contributed by atoms with Crippen molar-refractivity contribution in [3.05, 3.63) is 68.1 Å². The monoisotopic (exact) mass is 832 g/mol. The van der Waals surface area contributed by atoms with Crippen LogP contribution in [0.2, 0.25) is 0 Å². The number of hydrogen-bond acceptors (Lipinski definition) is 14. The third-order valence-corrected chi connectivity index (χ3v) is 4.72. The summed E-state index contributed by atoms with van der Waals surface area (Å²) in [5.74, 6) is 1.86. The van der Waals surface area contributed by atoms with E-state index in [0.29, 0.717) is 37.1 Å². The SMILES string of the molecule is Cc1cnc(N)c(C)n1.Cc1nc(Br)cnc1N.ClC(Cl)Cl.Nc1cnccn1.Nc1ncc(Br)nc1Br.[B]=NS. The fraction of sp³-hybridized carbons (Fsp3) is 0.200. The van der Waals surface area contributed by atoms with Gasteiger partial charge in [-0.05, 0) is 68.6 Å². The number of aromatic nitrogens is 8. The molecule has 0 aliphatic carbocycles. The van der Waals surface area contributed by atoms with E-state index in [2.05, 4.69) is 112 Å². The number of nitrogens with zero attached hydrogens (tertiary/aromatic N) is 9. The first-order valence-electron chi connectivity index (χ1n) is 10.4. The molecule has 0 aliphatic rings. The fourth-order valence-electron chi connectivity index (χ4n) is 1.74. The minimum absolute atomic E-state index is 0.401. The van der Waals surface area contributed by atoms with E-state index in [9.17, 15) is 0 Å². The molecule has 0 aliphatic heterocycles. The number of aryl methyl sites for hydroxylation is 3. The predicted octanol–water partition coefficient (Wildman–Crippen LogP) is 5.62. The van der Waals surface area contributed by atoms with Crippen LogP contribution < -0.4 is 22.9 Å². The maximum atomic E-state index is 5.42. The number of halogens is 6. The standard InChI is InChI=1S/C6H9N3.C5H6BrN3.C4H3Br2N3.C4H5N3.CHCl3.BHNS/c1-4-3-8-6(7)5(2)9-4;1-3-5(7)8-2-4(6)9-3;5-2-1-8-4(7)3(6)9-2;5-4-3-6-1-2-7-4;2-1(3)4;1-2-3/h3H,1-2H3,(H2,7,8);2H,1H3,(H2,7,8);1H,(H2,7,8);1-3H,(H2,5,7);1H;3H. The van der Waals surface area contributed by atoms with Crippen LogP contribution in [0.3, 0.4) is 0 Å². The maximum absolute atomic E-state index is 5.42. The average Bonchev–Trinajstić information content (AvgIpc) is 2.88. The Morgan fingerprint density at radius 3 is 1.46 bits per heavy atom. The quantitative estimate of drug-likeness (QED) is 0.0829. The molecule has 0 aromatic carbocycles. The van der Waals surface area contributed by atoms with Crippen molar-refractivity contribution in [3.63, 3.8) is 0 Å². The van der Waals surface area contributed by atoms with Crippen molar-refractivity contribution in [1.29, 1.82) is 0 Å². The topological polar surface area (TPSA) is 220 Å². The van der Waals surface area contributed by atoms with Gasteiger partial charge in [0.15, 0.2) is 10.1 Å². The van der Waals surface area contributed by atoms with Crippen LogP contribution in [0.15, 0.2) is 55.3 Å². The molecule has 0 spiro atoms. The van der Waals surface area contributed by atoms with E-state index < -0.39 is 4.30 Å². The van der Waals surface area contributed by atoms with Gasteiger partial charge in [-0.25, -0.2) is 29.9 Å². The van der Waals surface area contributed by atoms with Gasteiger partial charge in [0, 0.05) is 12.4 Å². The van der Waals surface area contributed by atoms with Crippen molar-refractivity contribution in [1.82, 2.24) is 39.9 Å². The van der Waals surface area contributed by atoms with Crippen LogP contribution in [0.25, 0.3) is 0 Å². The molecule has 8 N–H and O–H groups in total. The second-order valence-corrected chi connectivity index (χ2v) is 11.1. The number of anilines is 4. The van der Waals surface area contributed by atoms with Crippen LogP contribution in [-0.4, -0.2) is 51.8 Å². The van der Waals surface area contributed by atoms with Crippen LogP contribution in [0.1, 0.15) is 17.1 Å². The van der Waals surface area contributed by atoms with Gasteiger partial charge in [0.25, 0.3) is 0 Å². The molecule has 0 saturated heterocycles. The van der Waals surface area contributed by atoms with Crippen LogP contribution in [0.5, 0.6) is 0 Å². The molecule has 21 heteroatoms. The Bertz CT molecular complexity index is 1180. The molecule has 4 rings (SSSR count). The molecule has 0 fully saturated rings. The molecule has 221 valence electrons. The Kier molecular flexibility index (Phi) is 24.7. The third kappa shape index (κ3) is 24.4. The summed E-state index contributed by atoms with van der Waals surface area (Å²) in [6.07, 6.45) is 9.40.